The van der Waals surface area contributed by atoms with E-state index in [9.17, 15) is 19.3 Å². The third-order valence-corrected chi connectivity index (χ3v) is 2.86. The Labute approximate surface area is 119 Å². The molecule has 0 saturated carbocycles. The third kappa shape index (κ3) is 3.14. The Morgan fingerprint density at radius 1 is 1.29 bits per heavy atom. The van der Waals surface area contributed by atoms with Crippen LogP contribution in [0.1, 0.15) is 15.9 Å². The molecule has 0 aliphatic rings. The van der Waals surface area contributed by atoms with Crippen molar-refractivity contribution < 1.29 is 14.1 Å². The number of benzene rings is 2. The average Bonchev–Trinajstić information content (AvgIpc) is 2.40. The Morgan fingerprint density at radius 2 is 2.00 bits per heavy atom. The smallest absolute Gasteiger partial charge is 0.271 e. The maximum atomic E-state index is 13.6. The Morgan fingerprint density at radius 3 is 2.62 bits per heavy atom. The second kappa shape index (κ2) is 5.58. The number of carbonyl (C=O) groups is 1. The molecule has 21 heavy (non-hydrogen) atoms. The normalized spacial score (nSPS) is 10.2. The zero-order valence-electron chi connectivity index (χ0n) is 11.1. The number of nitrogen functional groups attached to an aromatic ring is 1. The minimum atomic E-state index is -0.764. The van der Waals surface area contributed by atoms with E-state index >= 15 is 0 Å². The van der Waals surface area contributed by atoms with Crippen molar-refractivity contribution in [1.29, 1.82) is 0 Å². The average molecular weight is 289 g/mol. The van der Waals surface area contributed by atoms with Gasteiger partial charge in [-0.1, -0.05) is 6.07 Å². The first-order valence-corrected chi connectivity index (χ1v) is 6.00. The van der Waals surface area contributed by atoms with E-state index in [1.165, 1.54) is 6.07 Å². The molecule has 3 N–H and O–H groups in total. The van der Waals surface area contributed by atoms with E-state index in [1.54, 1.807) is 12.1 Å². The van der Waals surface area contributed by atoms with Gasteiger partial charge in [0.1, 0.15) is 5.82 Å². The molecule has 2 rings (SSSR count). The molecule has 6 nitrogen and oxygen atoms in total. The molecule has 0 fully saturated rings. The third-order valence-electron chi connectivity index (χ3n) is 2.86. The van der Waals surface area contributed by atoms with Crippen LogP contribution in [0, 0.1) is 22.9 Å². The van der Waals surface area contributed by atoms with Gasteiger partial charge in [0.15, 0.2) is 0 Å². The van der Waals surface area contributed by atoms with E-state index < -0.39 is 16.6 Å². The van der Waals surface area contributed by atoms with Crippen molar-refractivity contribution in [2.45, 2.75) is 6.92 Å². The van der Waals surface area contributed by atoms with Crippen LogP contribution in [0.15, 0.2) is 36.4 Å². The van der Waals surface area contributed by atoms with Crippen LogP contribution in [0.4, 0.5) is 21.5 Å². The molecule has 0 saturated heterocycles. The van der Waals surface area contributed by atoms with Gasteiger partial charge in [-0.3, -0.25) is 14.9 Å². The minimum Gasteiger partial charge on any atom is -0.398 e. The predicted octanol–water partition coefficient (Wildman–Crippen LogP) is 2.88. The van der Waals surface area contributed by atoms with Crippen LogP contribution in [-0.4, -0.2) is 10.8 Å². The molecule has 0 aliphatic carbocycles. The van der Waals surface area contributed by atoms with E-state index in [0.717, 1.165) is 23.8 Å². The molecule has 0 heterocycles. The van der Waals surface area contributed by atoms with E-state index in [2.05, 4.69) is 5.32 Å². The molecule has 0 spiro atoms. The summed E-state index contributed by atoms with van der Waals surface area (Å²) in [4.78, 5) is 22.0. The number of nitro benzene ring substituents is 1. The summed E-state index contributed by atoms with van der Waals surface area (Å²) in [5.74, 6) is -1.40. The van der Waals surface area contributed by atoms with Crippen molar-refractivity contribution in [2.24, 2.45) is 0 Å². The van der Waals surface area contributed by atoms with Crippen molar-refractivity contribution in [2.75, 3.05) is 11.1 Å². The highest BCUT2D eigenvalue weighted by atomic mass is 19.1. The highest BCUT2D eigenvalue weighted by Crippen LogP contribution is 2.23. The summed E-state index contributed by atoms with van der Waals surface area (Å²) in [6, 6.07) is 7.71. The van der Waals surface area contributed by atoms with Crippen molar-refractivity contribution in [3.63, 3.8) is 0 Å². The van der Waals surface area contributed by atoms with Gasteiger partial charge in [-0.25, -0.2) is 4.39 Å². The SMILES string of the molecule is Cc1ccc(C(=O)Nc2cc([N+](=O)[O-])ccc2F)c(N)c1. The van der Waals surface area contributed by atoms with Crippen LogP contribution in [0.5, 0.6) is 0 Å². The quantitative estimate of drug-likeness (QED) is 0.515. The number of aryl methyl sites for hydroxylation is 1. The number of nitrogens with zero attached hydrogens (tertiary/aromatic N) is 1. The lowest BCUT2D eigenvalue weighted by molar-refractivity contribution is -0.384. The minimum absolute atomic E-state index is 0.173. The van der Waals surface area contributed by atoms with Crippen molar-refractivity contribution in [3.05, 3.63) is 63.5 Å². The lowest BCUT2D eigenvalue weighted by Gasteiger charge is -2.09. The number of nitrogens with two attached hydrogens (primary N) is 1. The first-order valence-electron chi connectivity index (χ1n) is 6.00. The zero-order chi connectivity index (χ0) is 15.6. The van der Waals surface area contributed by atoms with Gasteiger partial charge in [0.25, 0.3) is 11.6 Å². The van der Waals surface area contributed by atoms with Gasteiger partial charge < -0.3 is 11.1 Å². The van der Waals surface area contributed by atoms with Crippen molar-refractivity contribution in [1.82, 2.24) is 0 Å². The maximum Gasteiger partial charge on any atom is 0.271 e. The molecule has 7 heteroatoms. The highest BCUT2D eigenvalue weighted by molar-refractivity contribution is 6.07. The summed E-state index contributed by atoms with van der Waals surface area (Å²) >= 11 is 0. The topological polar surface area (TPSA) is 98.3 Å². The van der Waals surface area contributed by atoms with Gasteiger partial charge in [-0.05, 0) is 30.7 Å². The van der Waals surface area contributed by atoms with E-state index in [4.69, 9.17) is 5.73 Å². The number of nitrogens with one attached hydrogen (secondary N) is 1. The monoisotopic (exact) mass is 289 g/mol. The summed E-state index contributed by atoms with van der Waals surface area (Å²) in [6.45, 7) is 1.82. The summed E-state index contributed by atoms with van der Waals surface area (Å²) in [5.41, 5.74) is 6.45. The van der Waals surface area contributed by atoms with Crippen LogP contribution in [0.2, 0.25) is 0 Å². The van der Waals surface area contributed by atoms with Crippen LogP contribution < -0.4 is 11.1 Å². The molecule has 0 aromatic heterocycles. The maximum absolute atomic E-state index is 13.6. The van der Waals surface area contributed by atoms with E-state index in [1.807, 2.05) is 6.92 Å². The molecule has 0 aliphatic heterocycles. The Hall–Kier alpha value is -2.96. The van der Waals surface area contributed by atoms with Gasteiger partial charge in [-0.15, -0.1) is 0 Å². The van der Waals surface area contributed by atoms with Crippen LogP contribution >= 0.6 is 0 Å². The van der Waals surface area contributed by atoms with Crippen molar-refractivity contribution in [3.8, 4) is 0 Å². The predicted molar refractivity (Wildman–Crippen MR) is 76.6 cm³/mol. The van der Waals surface area contributed by atoms with Gasteiger partial charge in [0.2, 0.25) is 0 Å². The van der Waals surface area contributed by atoms with E-state index in [-0.39, 0.29) is 22.6 Å². The van der Waals surface area contributed by atoms with Crippen molar-refractivity contribution >= 4 is 23.0 Å². The lowest BCUT2D eigenvalue weighted by atomic mass is 10.1. The fourth-order valence-corrected chi connectivity index (χ4v) is 1.80. The molecule has 108 valence electrons. The number of carbonyl (C=O) groups excluding carboxylic acids is 1. The molecule has 2 aromatic carbocycles. The zero-order valence-corrected chi connectivity index (χ0v) is 11.1. The van der Waals surface area contributed by atoms with Gasteiger partial charge >= 0.3 is 0 Å². The fraction of sp³-hybridized carbons (Fsp3) is 0.0714. The standard InChI is InChI=1S/C14H12FN3O3/c1-8-2-4-10(12(16)6-8)14(19)17-13-7-9(18(20)21)3-5-11(13)15/h2-7H,16H2,1H3,(H,17,19). The Bertz CT molecular complexity index is 731. The number of rotatable bonds is 3. The number of hydrogen-bond acceptors (Lipinski definition) is 4. The Balaban J connectivity index is 2.31. The summed E-state index contributed by atoms with van der Waals surface area (Å²) in [5, 5.41) is 12.9. The molecule has 2 aromatic rings. The lowest BCUT2D eigenvalue weighted by Crippen LogP contribution is -2.15. The fourth-order valence-electron chi connectivity index (χ4n) is 1.80. The molecule has 0 unspecified atom stereocenters. The van der Waals surface area contributed by atoms with Gasteiger partial charge in [0, 0.05) is 17.8 Å². The second-order valence-electron chi connectivity index (χ2n) is 4.47. The largest absolute Gasteiger partial charge is 0.398 e. The number of non-ortho nitro benzene ring substituents is 1. The van der Waals surface area contributed by atoms with E-state index in [0.29, 0.717) is 0 Å². The molecule has 1 amide bonds. The second-order valence-corrected chi connectivity index (χ2v) is 4.47. The molecule has 0 bridgehead atoms. The van der Waals surface area contributed by atoms with Gasteiger partial charge in [-0.2, -0.15) is 0 Å². The number of anilines is 2. The number of nitro groups is 1. The summed E-state index contributed by atoms with van der Waals surface area (Å²) in [7, 11) is 0. The molecule has 0 radical (unpaired) electrons. The Kier molecular flexibility index (Phi) is 3.84. The van der Waals surface area contributed by atoms with Crippen LogP contribution in [-0.2, 0) is 0 Å². The number of halogens is 1. The highest BCUT2D eigenvalue weighted by Gasteiger charge is 2.15. The summed E-state index contributed by atoms with van der Waals surface area (Å²) in [6.07, 6.45) is 0. The molecule has 0 atom stereocenters. The van der Waals surface area contributed by atoms with Gasteiger partial charge in [0.05, 0.1) is 16.2 Å². The van der Waals surface area contributed by atoms with Crippen LogP contribution in [0.25, 0.3) is 0 Å². The molecular weight excluding hydrogens is 277 g/mol. The van der Waals surface area contributed by atoms with Crippen LogP contribution in [0.3, 0.4) is 0 Å². The summed E-state index contributed by atoms with van der Waals surface area (Å²) < 4.78 is 13.6. The first kappa shape index (κ1) is 14.4. The first-order chi connectivity index (χ1) is 9.88. The number of amides is 1. The molecular formula is C14H12FN3O3. The number of hydrogen-bond donors (Lipinski definition) is 2.